The van der Waals surface area contributed by atoms with Crippen LogP contribution in [0.3, 0.4) is 0 Å². The Bertz CT molecular complexity index is 934. The highest BCUT2D eigenvalue weighted by Crippen LogP contribution is 2.16. The van der Waals surface area contributed by atoms with Crippen LogP contribution in [0.5, 0.6) is 0 Å². The third-order valence-corrected chi connectivity index (χ3v) is 3.88. The average molecular weight is 304 g/mol. The third-order valence-electron chi connectivity index (χ3n) is 3.88. The van der Waals surface area contributed by atoms with Crippen LogP contribution >= 0.6 is 0 Å². The lowest BCUT2D eigenvalue weighted by Gasteiger charge is -2.06. The molecule has 0 unspecified atom stereocenters. The van der Waals surface area contributed by atoms with Gasteiger partial charge in [0, 0.05) is 19.2 Å². The van der Waals surface area contributed by atoms with Crippen LogP contribution in [-0.4, -0.2) is 15.5 Å². The van der Waals surface area contributed by atoms with Crippen LogP contribution in [0.25, 0.3) is 11.0 Å². The summed E-state index contributed by atoms with van der Waals surface area (Å²) in [5, 5.41) is 11.8. The zero-order valence-corrected chi connectivity index (χ0v) is 13.0. The fourth-order valence-corrected chi connectivity index (χ4v) is 2.49. The molecule has 0 atom stereocenters. The van der Waals surface area contributed by atoms with E-state index >= 15 is 0 Å². The predicted molar refractivity (Wildman–Crippen MR) is 87.8 cm³/mol. The van der Waals surface area contributed by atoms with E-state index in [0.717, 1.165) is 22.4 Å². The summed E-state index contributed by atoms with van der Waals surface area (Å²) in [4.78, 5) is 16.7. The maximum atomic E-state index is 12.2. The summed E-state index contributed by atoms with van der Waals surface area (Å²) in [6.07, 6.45) is 0. The third kappa shape index (κ3) is 2.92. The first kappa shape index (κ1) is 14.8. The molecule has 5 nitrogen and oxygen atoms in total. The Hall–Kier alpha value is -3.13. The Labute approximate surface area is 134 Å². The number of carbonyl (C=O) groups excluding carboxylic acids is 1. The molecule has 114 valence electrons. The van der Waals surface area contributed by atoms with Gasteiger partial charge in [-0.25, -0.2) is 4.98 Å². The molecule has 0 fully saturated rings. The quantitative estimate of drug-likeness (QED) is 0.808. The number of nitrogens with one attached hydrogen (secondary N) is 1. The number of aromatic nitrogens is 2. The van der Waals surface area contributed by atoms with Gasteiger partial charge in [-0.2, -0.15) is 5.26 Å². The Morgan fingerprint density at radius 1 is 1.30 bits per heavy atom. The molecule has 0 aliphatic heterocycles. The fraction of sp³-hybridized carbons (Fsp3) is 0.167. The first-order valence-corrected chi connectivity index (χ1v) is 7.29. The number of benzene rings is 2. The smallest absolute Gasteiger partial charge is 0.251 e. The first-order valence-electron chi connectivity index (χ1n) is 7.29. The maximum absolute atomic E-state index is 12.2. The van der Waals surface area contributed by atoms with Gasteiger partial charge in [0.2, 0.25) is 0 Å². The summed E-state index contributed by atoms with van der Waals surface area (Å²) >= 11 is 0. The number of hydrogen-bond acceptors (Lipinski definition) is 3. The van der Waals surface area contributed by atoms with E-state index in [0.29, 0.717) is 17.7 Å². The number of rotatable bonds is 3. The number of aryl methyl sites for hydroxylation is 2. The van der Waals surface area contributed by atoms with E-state index in [9.17, 15) is 4.79 Å². The van der Waals surface area contributed by atoms with Crippen molar-refractivity contribution in [2.24, 2.45) is 7.05 Å². The van der Waals surface area contributed by atoms with Crippen molar-refractivity contribution in [1.82, 2.24) is 14.9 Å². The molecule has 0 spiro atoms. The van der Waals surface area contributed by atoms with Crippen LogP contribution in [0.4, 0.5) is 0 Å². The number of nitrogens with zero attached hydrogens (tertiary/aromatic N) is 3. The molecular formula is C18H16N4O. The molecule has 1 aromatic heterocycles. The summed E-state index contributed by atoms with van der Waals surface area (Å²) in [5.74, 6) is 0.758. The molecule has 1 amide bonds. The standard InChI is InChI=1S/C18H16N4O/c1-12-21-16-9-14(6-7-17(16)22(12)2)11-20-18(23)15-5-3-4-13(8-15)10-19/h3-9H,11H2,1-2H3,(H,20,23). The summed E-state index contributed by atoms with van der Waals surface area (Å²) in [6.45, 7) is 2.38. The molecule has 1 heterocycles. The van der Waals surface area contributed by atoms with Crippen LogP contribution in [0.2, 0.25) is 0 Å². The van der Waals surface area contributed by atoms with Crippen LogP contribution in [-0.2, 0) is 13.6 Å². The zero-order valence-electron chi connectivity index (χ0n) is 13.0. The molecule has 0 aliphatic rings. The Morgan fingerprint density at radius 2 is 2.13 bits per heavy atom. The predicted octanol–water partition coefficient (Wildman–Crippen LogP) is 2.68. The lowest BCUT2D eigenvalue weighted by Crippen LogP contribution is -2.22. The molecule has 1 N–H and O–H groups in total. The molecule has 3 aromatic rings. The van der Waals surface area contributed by atoms with Gasteiger partial charge in [0.25, 0.3) is 5.91 Å². The van der Waals surface area contributed by atoms with Crippen LogP contribution in [0.15, 0.2) is 42.5 Å². The van der Waals surface area contributed by atoms with E-state index in [1.54, 1.807) is 24.3 Å². The summed E-state index contributed by atoms with van der Waals surface area (Å²) in [5.41, 5.74) is 3.93. The minimum atomic E-state index is -0.195. The Morgan fingerprint density at radius 3 is 2.91 bits per heavy atom. The summed E-state index contributed by atoms with van der Waals surface area (Å²) in [7, 11) is 1.98. The largest absolute Gasteiger partial charge is 0.348 e. The van der Waals surface area contributed by atoms with E-state index in [2.05, 4.69) is 10.3 Å². The van der Waals surface area contributed by atoms with Crippen LogP contribution < -0.4 is 5.32 Å². The first-order chi connectivity index (χ1) is 11.1. The maximum Gasteiger partial charge on any atom is 0.251 e. The molecule has 0 radical (unpaired) electrons. The van der Waals surface area contributed by atoms with Gasteiger partial charge in [0.05, 0.1) is 22.7 Å². The Kier molecular flexibility index (Phi) is 3.82. The second-order valence-electron chi connectivity index (χ2n) is 5.42. The summed E-state index contributed by atoms with van der Waals surface area (Å²) < 4.78 is 2.03. The SMILES string of the molecule is Cc1nc2cc(CNC(=O)c3cccc(C#N)c3)ccc2n1C. The van der Waals surface area contributed by atoms with Crippen molar-refractivity contribution in [3.63, 3.8) is 0 Å². The van der Waals surface area contributed by atoms with Gasteiger partial charge in [-0.15, -0.1) is 0 Å². The highest BCUT2D eigenvalue weighted by atomic mass is 16.1. The number of hydrogen-bond donors (Lipinski definition) is 1. The molecule has 0 aliphatic carbocycles. The van der Waals surface area contributed by atoms with Gasteiger partial charge in [-0.05, 0) is 42.8 Å². The lowest BCUT2D eigenvalue weighted by molar-refractivity contribution is 0.0951. The van der Waals surface area contributed by atoms with Gasteiger partial charge in [0.15, 0.2) is 0 Å². The van der Waals surface area contributed by atoms with Crippen molar-refractivity contribution >= 4 is 16.9 Å². The number of nitriles is 1. The van der Waals surface area contributed by atoms with Crippen LogP contribution in [0.1, 0.15) is 27.3 Å². The molecule has 23 heavy (non-hydrogen) atoms. The van der Waals surface area contributed by atoms with E-state index in [-0.39, 0.29) is 5.91 Å². The number of fused-ring (bicyclic) bond motifs is 1. The van der Waals surface area contributed by atoms with Gasteiger partial charge in [-0.1, -0.05) is 12.1 Å². The van der Waals surface area contributed by atoms with Crippen molar-refractivity contribution in [1.29, 1.82) is 5.26 Å². The Balaban J connectivity index is 1.75. The molecular weight excluding hydrogens is 288 g/mol. The molecule has 3 rings (SSSR count). The second kappa shape index (κ2) is 5.93. The molecule has 0 saturated carbocycles. The zero-order chi connectivity index (χ0) is 16.4. The molecule has 0 bridgehead atoms. The van der Waals surface area contributed by atoms with Crippen molar-refractivity contribution < 1.29 is 4.79 Å². The highest BCUT2D eigenvalue weighted by Gasteiger charge is 2.08. The lowest BCUT2D eigenvalue weighted by atomic mass is 10.1. The second-order valence-corrected chi connectivity index (χ2v) is 5.42. The van der Waals surface area contributed by atoms with Crippen molar-refractivity contribution in [3.05, 3.63) is 65.0 Å². The van der Waals surface area contributed by atoms with E-state index < -0.39 is 0 Å². The monoisotopic (exact) mass is 304 g/mol. The highest BCUT2D eigenvalue weighted by molar-refractivity contribution is 5.94. The van der Waals surface area contributed by atoms with E-state index in [4.69, 9.17) is 5.26 Å². The molecule has 2 aromatic carbocycles. The van der Waals surface area contributed by atoms with Crippen LogP contribution in [0, 0.1) is 18.3 Å². The van der Waals surface area contributed by atoms with Crippen molar-refractivity contribution in [3.8, 4) is 6.07 Å². The normalized spacial score (nSPS) is 10.5. The fourth-order valence-electron chi connectivity index (χ4n) is 2.49. The van der Waals surface area contributed by atoms with E-state index in [1.165, 1.54) is 0 Å². The van der Waals surface area contributed by atoms with Gasteiger partial charge in [-0.3, -0.25) is 4.79 Å². The number of imidazole rings is 1. The summed E-state index contributed by atoms with van der Waals surface area (Å²) in [6, 6.07) is 14.7. The molecule has 5 heteroatoms. The van der Waals surface area contributed by atoms with Gasteiger partial charge >= 0.3 is 0 Å². The minimum absolute atomic E-state index is 0.195. The average Bonchev–Trinajstić information content (AvgIpc) is 2.86. The van der Waals surface area contributed by atoms with E-state index in [1.807, 2.05) is 42.8 Å². The minimum Gasteiger partial charge on any atom is -0.348 e. The number of amides is 1. The number of carbonyl (C=O) groups is 1. The van der Waals surface area contributed by atoms with Gasteiger partial charge < -0.3 is 9.88 Å². The topological polar surface area (TPSA) is 70.7 Å². The molecule has 0 saturated heterocycles. The van der Waals surface area contributed by atoms with Crippen molar-refractivity contribution in [2.75, 3.05) is 0 Å². The van der Waals surface area contributed by atoms with Gasteiger partial charge in [0.1, 0.15) is 5.82 Å². The van der Waals surface area contributed by atoms with Crippen molar-refractivity contribution in [2.45, 2.75) is 13.5 Å².